The maximum Gasteiger partial charge on any atom is 0.320 e. The molecule has 136 valence electrons. The topological polar surface area (TPSA) is 56.3 Å². The smallest absolute Gasteiger partial charge is 0.320 e. The van der Waals surface area contributed by atoms with Gasteiger partial charge in [0.05, 0.1) is 12.0 Å². The van der Waals surface area contributed by atoms with Gasteiger partial charge in [-0.2, -0.15) is 0 Å². The maximum atomic E-state index is 13.0. The number of amides is 3. The summed E-state index contributed by atoms with van der Waals surface area (Å²) in [6.07, 6.45) is 2.72. The second-order valence-electron chi connectivity index (χ2n) is 7.41. The van der Waals surface area contributed by atoms with Gasteiger partial charge >= 0.3 is 6.03 Å². The zero-order chi connectivity index (χ0) is 17.2. The molecule has 24 heavy (non-hydrogen) atoms. The molecule has 0 aliphatic carbocycles. The van der Waals surface area contributed by atoms with Crippen molar-refractivity contribution in [2.45, 2.75) is 19.3 Å². The number of urea groups is 1. The molecule has 0 aromatic heterocycles. The number of rotatable bonds is 3. The van der Waals surface area contributed by atoms with E-state index in [0.29, 0.717) is 26.2 Å². The first-order valence-corrected chi connectivity index (χ1v) is 9.06. The Morgan fingerprint density at radius 2 is 1.83 bits per heavy atom. The van der Waals surface area contributed by atoms with Crippen LogP contribution >= 0.6 is 0 Å². The van der Waals surface area contributed by atoms with Gasteiger partial charge in [0.15, 0.2) is 0 Å². The third-order valence-corrected chi connectivity index (χ3v) is 5.79. The monoisotopic (exact) mass is 338 g/mol. The fourth-order valence-corrected chi connectivity index (χ4v) is 4.18. The molecule has 0 saturated carbocycles. The number of likely N-dealkylation sites (tertiary alicyclic amines) is 2. The van der Waals surface area contributed by atoms with E-state index in [0.717, 1.165) is 52.0 Å². The van der Waals surface area contributed by atoms with Gasteiger partial charge < -0.3 is 24.3 Å². The molecule has 0 bridgehead atoms. The van der Waals surface area contributed by atoms with Crippen LogP contribution in [0.5, 0.6) is 0 Å². The van der Waals surface area contributed by atoms with Crippen molar-refractivity contribution < 1.29 is 14.3 Å². The third kappa shape index (κ3) is 3.37. The van der Waals surface area contributed by atoms with Crippen LogP contribution in [-0.4, -0.2) is 105 Å². The van der Waals surface area contributed by atoms with E-state index in [1.165, 1.54) is 0 Å². The van der Waals surface area contributed by atoms with Crippen molar-refractivity contribution in [2.24, 2.45) is 5.41 Å². The molecule has 1 spiro atoms. The van der Waals surface area contributed by atoms with Crippen LogP contribution in [-0.2, 0) is 9.53 Å². The van der Waals surface area contributed by atoms with Crippen LogP contribution in [0, 0.1) is 5.41 Å². The summed E-state index contributed by atoms with van der Waals surface area (Å²) in [5.41, 5.74) is -0.353. The lowest BCUT2D eigenvalue weighted by atomic mass is 9.78. The number of likely N-dealkylation sites (N-methyl/N-ethyl adjacent to an activating group) is 1. The van der Waals surface area contributed by atoms with E-state index in [2.05, 4.69) is 11.9 Å². The van der Waals surface area contributed by atoms with E-state index in [-0.39, 0.29) is 17.4 Å². The van der Waals surface area contributed by atoms with Gasteiger partial charge in [0, 0.05) is 59.5 Å². The van der Waals surface area contributed by atoms with E-state index in [9.17, 15) is 9.59 Å². The second kappa shape index (κ2) is 7.27. The van der Waals surface area contributed by atoms with Crippen LogP contribution in [0.3, 0.4) is 0 Å². The minimum atomic E-state index is -0.353. The van der Waals surface area contributed by atoms with Crippen LogP contribution in [0.1, 0.15) is 19.3 Å². The van der Waals surface area contributed by atoms with E-state index in [1.54, 1.807) is 7.11 Å². The summed E-state index contributed by atoms with van der Waals surface area (Å²) in [5.74, 6) is 0.222. The number of carbonyl (C=O) groups excluding carboxylic acids is 2. The molecule has 0 radical (unpaired) electrons. The van der Waals surface area contributed by atoms with E-state index >= 15 is 0 Å². The van der Waals surface area contributed by atoms with Crippen molar-refractivity contribution in [2.75, 3.05) is 73.1 Å². The average molecular weight is 338 g/mol. The summed E-state index contributed by atoms with van der Waals surface area (Å²) in [7, 11) is 3.75. The first kappa shape index (κ1) is 17.5. The number of piperazine rings is 1. The quantitative estimate of drug-likeness (QED) is 0.743. The summed E-state index contributed by atoms with van der Waals surface area (Å²) >= 11 is 0. The molecular formula is C17H30N4O3. The molecular weight excluding hydrogens is 308 g/mol. The minimum Gasteiger partial charge on any atom is -0.383 e. The summed E-state index contributed by atoms with van der Waals surface area (Å²) in [4.78, 5) is 33.8. The zero-order valence-corrected chi connectivity index (χ0v) is 15.0. The maximum absolute atomic E-state index is 13.0. The molecule has 3 rings (SSSR count). The first-order chi connectivity index (χ1) is 11.6. The SMILES string of the molecule is COCCN1CCCC2(CCN(C(=O)N3CCN(C)CC3)C2)C1=O. The van der Waals surface area contributed by atoms with E-state index in [4.69, 9.17) is 4.74 Å². The Bertz CT molecular complexity index is 478. The standard InChI is InChI=1S/C17H30N4O3/c1-18-8-10-20(11-9-18)16(23)21-7-5-17(14-21)4-3-6-19(15(17)22)12-13-24-2/h3-14H2,1-2H3. The van der Waals surface area contributed by atoms with Crippen molar-refractivity contribution in [3.05, 3.63) is 0 Å². The molecule has 3 heterocycles. The van der Waals surface area contributed by atoms with Gasteiger partial charge in [-0.15, -0.1) is 0 Å². The molecule has 1 atom stereocenters. The average Bonchev–Trinajstić information content (AvgIpc) is 3.01. The van der Waals surface area contributed by atoms with Crippen LogP contribution in [0.4, 0.5) is 4.79 Å². The highest BCUT2D eigenvalue weighted by atomic mass is 16.5. The van der Waals surface area contributed by atoms with Crippen molar-refractivity contribution >= 4 is 11.9 Å². The highest BCUT2D eigenvalue weighted by Crippen LogP contribution is 2.40. The van der Waals surface area contributed by atoms with E-state index in [1.807, 2.05) is 14.7 Å². The molecule has 3 aliphatic heterocycles. The largest absolute Gasteiger partial charge is 0.383 e. The Kier molecular flexibility index (Phi) is 5.30. The predicted molar refractivity (Wildman–Crippen MR) is 90.8 cm³/mol. The highest BCUT2D eigenvalue weighted by Gasteiger charge is 2.49. The zero-order valence-electron chi connectivity index (χ0n) is 15.0. The Labute approximate surface area is 144 Å². The van der Waals surface area contributed by atoms with Crippen molar-refractivity contribution in [1.82, 2.24) is 19.6 Å². The predicted octanol–water partition coefficient (Wildman–Crippen LogP) is 0.315. The molecule has 1 unspecified atom stereocenters. The normalized spacial score (nSPS) is 28.9. The lowest BCUT2D eigenvalue weighted by molar-refractivity contribution is -0.146. The lowest BCUT2D eigenvalue weighted by Gasteiger charge is -2.40. The fourth-order valence-electron chi connectivity index (χ4n) is 4.18. The van der Waals surface area contributed by atoms with Crippen LogP contribution in [0.2, 0.25) is 0 Å². The molecule has 7 nitrogen and oxygen atoms in total. The molecule has 3 fully saturated rings. The van der Waals surface area contributed by atoms with Gasteiger partial charge in [0.2, 0.25) is 5.91 Å². The number of nitrogens with zero attached hydrogens (tertiary/aromatic N) is 4. The van der Waals surface area contributed by atoms with Gasteiger partial charge in [-0.25, -0.2) is 4.79 Å². The molecule has 3 amide bonds. The Hall–Kier alpha value is -1.34. The van der Waals surface area contributed by atoms with Gasteiger partial charge in [-0.1, -0.05) is 0 Å². The highest BCUT2D eigenvalue weighted by molar-refractivity contribution is 5.86. The summed E-state index contributed by atoms with van der Waals surface area (Å²) < 4.78 is 5.12. The lowest BCUT2D eigenvalue weighted by Crippen LogP contribution is -2.54. The summed E-state index contributed by atoms with van der Waals surface area (Å²) in [6.45, 7) is 6.75. The first-order valence-electron chi connectivity index (χ1n) is 9.06. The number of methoxy groups -OCH3 is 1. The Morgan fingerprint density at radius 1 is 1.08 bits per heavy atom. The molecule has 0 aromatic rings. The Morgan fingerprint density at radius 3 is 2.54 bits per heavy atom. The number of piperidine rings is 1. The van der Waals surface area contributed by atoms with Crippen molar-refractivity contribution in [1.29, 1.82) is 0 Å². The van der Waals surface area contributed by atoms with Crippen LogP contribution in [0.25, 0.3) is 0 Å². The van der Waals surface area contributed by atoms with E-state index < -0.39 is 0 Å². The molecule has 0 N–H and O–H groups in total. The van der Waals surface area contributed by atoms with Crippen LogP contribution < -0.4 is 0 Å². The number of hydrogen-bond donors (Lipinski definition) is 0. The number of carbonyl (C=O) groups is 2. The van der Waals surface area contributed by atoms with Gasteiger partial charge in [0.1, 0.15) is 0 Å². The second-order valence-corrected chi connectivity index (χ2v) is 7.41. The Balaban J connectivity index is 1.61. The van der Waals surface area contributed by atoms with Gasteiger partial charge in [-0.3, -0.25) is 4.79 Å². The van der Waals surface area contributed by atoms with Crippen molar-refractivity contribution in [3.8, 4) is 0 Å². The molecule has 7 heteroatoms. The molecule has 0 aromatic carbocycles. The van der Waals surface area contributed by atoms with Gasteiger partial charge in [-0.05, 0) is 26.3 Å². The number of hydrogen-bond acceptors (Lipinski definition) is 4. The summed E-state index contributed by atoms with van der Waals surface area (Å²) in [5, 5.41) is 0. The third-order valence-electron chi connectivity index (χ3n) is 5.79. The number of ether oxygens (including phenoxy) is 1. The fraction of sp³-hybridized carbons (Fsp3) is 0.882. The van der Waals surface area contributed by atoms with Gasteiger partial charge in [0.25, 0.3) is 0 Å². The van der Waals surface area contributed by atoms with Crippen LogP contribution in [0.15, 0.2) is 0 Å². The molecule has 3 aliphatic rings. The molecule has 3 saturated heterocycles. The minimum absolute atomic E-state index is 0.113. The van der Waals surface area contributed by atoms with Crippen molar-refractivity contribution in [3.63, 3.8) is 0 Å². The summed E-state index contributed by atoms with van der Waals surface area (Å²) in [6, 6.07) is 0.113.